The Morgan fingerprint density at radius 3 is 2.48 bits per heavy atom. The average Bonchev–Trinajstić information content (AvgIpc) is 2.91. The summed E-state index contributed by atoms with van der Waals surface area (Å²) in [4.78, 5) is 15.0. The van der Waals surface area contributed by atoms with Gasteiger partial charge in [-0.1, -0.05) is 0 Å². The number of rotatable bonds is 5. The molecule has 1 aromatic heterocycles. The summed E-state index contributed by atoms with van der Waals surface area (Å²) in [5, 5.41) is 0.192. The van der Waals surface area contributed by atoms with Crippen LogP contribution in [0.5, 0.6) is 5.75 Å². The monoisotopic (exact) mass is 366 g/mol. The first-order valence-corrected chi connectivity index (χ1v) is 9.56. The molecule has 4 N–H and O–H groups in total. The van der Waals surface area contributed by atoms with E-state index in [0.717, 1.165) is 5.39 Å². The summed E-state index contributed by atoms with van der Waals surface area (Å²) >= 11 is 0. The van der Waals surface area contributed by atoms with Crippen molar-refractivity contribution in [3.8, 4) is 5.75 Å². The van der Waals surface area contributed by atoms with Gasteiger partial charge < -0.3 is 9.72 Å². The summed E-state index contributed by atoms with van der Waals surface area (Å²) in [6.45, 7) is 3.54. The Morgan fingerprint density at radius 2 is 1.84 bits per heavy atom. The van der Waals surface area contributed by atoms with Gasteiger partial charge in [0.05, 0.1) is 12.6 Å². The van der Waals surface area contributed by atoms with Crippen LogP contribution >= 0.6 is 0 Å². The molecule has 1 aliphatic heterocycles. The quantitative estimate of drug-likeness (QED) is 0.602. The highest BCUT2D eigenvalue weighted by molar-refractivity contribution is 7.90. The van der Waals surface area contributed by atoms with Gasteiger partial charge in [-0.3, -0.25) is 15.6 Å². The van der Waals surface area contributed by atoms with E-state index in [-0.39, 0.29) is 24.2 Å². The first kappa shape index (κ1) is 17.9. The molecule has 25 heavy (non-hydrogen) atoms. The second kappa shape index (κ2) is 6.75. The lowest BCUT2D eigenvalue weighted by atomic mass is 10.1. The maximum atomic E-state index is 12.6. The molecular weight excluding hydrogens is 344 g/mol. The maximum absolute atomic E-state index is 12.6. The maximum Gasteiger partial charge on any atom is 0.252 e. The van der Waals surface area contributed by atoms with E-state index in [1.54, 1.807) is 39.2 Å². The highest BCUT2D eigenvalue weighted by Gasteiger charge is 2.40. The number of hydrazine groups is 1. The Labute approximate surface area is 146 Å². The SMILES string of the molecule is COc1ccc2cc(CNS(=O)(=O)C3C(C)NNC3C)c(=O)[nH]c2c1. The molecule has 1 fully saturated rings. The summed E-state index contributed by atoms with van der Waals surface area (Å²) in [6.07, 6.45) is 0. The van der Waals surface area contributed by atoms with E-state index in [2.05, 4.69) is 20.6 Å². The van der Waals surface area contributed by atoms with Crippen LogP contribution in [0.2, 0.25) is 0 Å². The van der Waals surface area contributed by atoms with E-state index in [4.69, 9.17) is 4.74 Å². The standard InChI is InChI=1S/C16H22N4O4S/c1-9-15(10(2)20-19-9)25(22,23)17-8-12-6-11-4-5-13(24-3)7-14(11)18-16(12)21/h4-7,9-10,15,17,19-20H,8H2,1-3H3,(H,18,21). The van der Waals surface area contributed by atoms with E-state index in [0.29, 0.717) is 16.8 Å². The first-order chi connectivity index (χ1) is 11.8. The summed E-state index contributed by atoms with van der Waals surface area (Å²) in [7, 11) is -2.03. The molecule has 136 valence electrons. The van der Waals surface area contributed by atoms with Crippen molar-refractivity contribution in [2.75, 3.05) is 7.11 Å². The zero-order chi connectivity index (χ0) is 18.2. The number of nitrogens with one attached hydrogen (secondary N) is 4. The fraction of sp³-hybridized carbons (Fsp3) is 0.438. The summed E-state index contributed by atoms with van der Waals surface area (Å²) < 4.78 is 32.8. The smallest absolute Gasteiger partial charge is 0.252 e. The third-order valence-electron chi connectivity index (χ3n) is 4.48. The number of aromatic nitrogens is 1. The van der Waals surface area contributed by atoms with Gasteiger partial charge in [-0.25, -0.2) is 13.1 Å². The van der Waals surface area contributed by atoms with Gasteiger partial charge in [-0.15, -0.1) is 0 Å². The highest BCUT2D eigenvalue weighted by Crippen LogP contribution is 2.19. The Kier molecular flexibility index (Phi) is 4.83. The number of hydrogen-bond donors (Lipinski definition) is 4. The van der Waals surface area contributed by atoms with E-state index >= 15 is 0 Å². The molecule has 1 aromatic carbocycles. The normalized spacial score (nSPS) is 23.9. The number of benzene rings is 1. The number of methoxy groups -OCH3 is 1. The van der Waals surface area contributed by atoms with E-state index in [9.17, 15) is 13.2 Å². The van der Waals surface area contributed by atoms with Gasteiger partial charge >= 0.3 is 0 Å². The number of aromatic amines is 1. The molecule has 3 rings (SSSR count). The lowest BCUT2D eigenvalue weighted by Gasteiger charge is -2.19. The van der Waals surface area contributed by atoms with Crippen molar-refractivity contribution in [1.82, 2.24) is 20.6 Å². The minimum atomic E-state index is -3.59. The van der Waals surface area contributed by atoms with Crippen molar-refractivity contribution in [1.29, 1.82) is 0 Å². The molecule has 1 aliphatic rings. The molecule has 0 aliphatic carbocycles. The molecule has 1 saturated heterocycles. The fourth-order valence-corrected chi connectivity index (χ4v) is 4.92. The van der Waals surface area contributed by atoms with Crippen LogP contribution in [-0.4, -0.2) is 37.8 Å². The van der Waals surface area contributed by atoms with Gasteiger partial charge in [0.1, 0.15) is 11.0 Å². The lowest BCUT2D eigenvalue weighted by Crippen LogP contribution is -2.44. The van der Waals surface area contributed by atoms with Gasteiger partial charge in [-0.05, 0) is 37.4 Å². The molecule has 2 unspecified atom stereocenters. The molecule has 9 heteroatoms. The predicted molar refractivity (Wildman–Crippen MR) is 95.9 cm³/mol. The largest absolute Gasteiger partial charge is 0.497 e. The summed E-state index contributed by atoms with van der Waals surface area (Å²) in [6, 6.07) is 6.56. The van der Waals surface area contributed by atoms with Gasteiger partial charge in [-0.2, -0.15) is 0 Å². The fourth-order valence-electron chi connectivity index (χ4n) is 3.16. The molecule has 2 atom stereocenters. The topological polar surface area (TPSA) is 112 Å². The van der Waals surface area contributed by atoms with Crippen molar-refractivity contribution in [2.45, 2.75) is 37.7 Å². The molecule has 0 spiro atoms. The lowest BCUT2D eigenvalue weighted by molar-refractivity contribution is 0.415. The van der Waals surface area contributed by atoms with Crippen molar-refractivity contribution < 1.29 is 13.2 Å². The predicted octanol–water partition coefficient (Wildman–Crippen LogP) is 0.210. The van der Waals surface area contributed by atoms with Crippen molar-refractivity contribution in [3.63, 3.8) is 0 Å². The van der Waals surface area contributed by atoms with Crippen LogP contribution in [-0.2, 0) is 16.6 Å². The van der Waals surface area contributed by atoms with Crippen LogP contribution < -0.4 is 25.9 Å². The summed E-state index contributed by atoms with van der Waals surface area (Å²) in [5.41, 5.74) is 6.52. The number of pyridine rings is 1. The van der Waals surface area contributed by atoms with Crippen LogP contribution in [0.1, 0.15) is 19.4 Å². The second-order valence-electron chi connectivity index (χ2n) is 6.27. The van der Waals surface area contributed by atoms with Gasteiger partial charge in [0.2, 0.25) is 10.0 Å². The molecule has 2 aromatic rings. The highest BCUT2D eigenvalue weighted by atomic mass is 32.2. The third kappa shape index (κ3) is 3.54. The first-order valence-electron chi connectivity index (χ1n) is 8.01. The third-order valence-corrected chi connectivity index (χ3v) is 6.56. The zero-order valence-corrected chi connectivity index (χ0v) is 15.1. The van der Waals surface area contributed by atoms with Crippen molar-refractivity contribution in [2.24, 2.45) is 0 Å². The minimum Gasteiger partial charge on any atom is -0.497 e. The van der Waals surface area contributed by atoms with Gasteiger partial charge in [0.15, 0.2) is 0 Å². The van der Waals surface area contributed by atoms with Crippen LogP contribution in [0.25, 0.3) is 10.9 Å². The number of fused-ring (bicyclic) bond motifs is 1. The van der Waals surface area contributed by atoms with Gasteiger partial charge in [0.25, 0.3) is 5.56 Å². The zero-order valence-electron chi connectivity index (χ0n) is 14.3. The Bertz CT molecular complexity index is 931. The van der Waals surface area contributed by atoms with E-state index in [1.807, 2.05) is 6.07 Å². The van der Waals surface area contributed by atoms with Crippen molar-refractivity contribution >= 4 is 20.9 Å². The summed E-state index contributed by atoms with van der Waals surface area (Å²) in [5.74, 6) is 0.640. The second-order valence-corrected chi connectivity index (χ2v) is 8.20. The molecular formula is C16H22N4O4S. The van der Waals surface area contributed by atoms with Crippen LogP contribution in [0.15, 0.2) is 29.1 Å². The molecule has 2 heterocycles. The molecule has 0 saturated carbocycles. The van der Waals surface area contributed by atoms with Crippen LogP contribution in [0.3, 0.4) is 0 Å². The Balaban J connectivity index is 1.83. The molecule has 8 nitrogen and oxygen atoms in total. The molecule has 0 amide bonds. The number of ether oxygens (including phenoxy) is 1. The van der Waals surface area contributed by atoms with Crippen molar-refractivity contribution in [3.05, 3.63) is 40.2 Å². The Hall–Kier alpha value is -1.94. The van der Waals surface area contributed by atoms with E-state index in [1.165, 1.54) is 0 Å². The molecule has 0 radical (unpaired) electrons. The molecule has 0 bridgehead atoms. The number of H-pyrrole nitrogens is 1. The number of sulfonamides is 1. The van der Waals surface area contributed by atoms with Crippen LogP contribution in [0, 0.1) is 0 Å². The van der Waals surface area contributed by atoms with Crippen LogP contribution in [0.4, 0.5) is 0 Å². The Morgan fingerprint density at radius 1 is 1.16 bits per heavy atom. The minimum absolute atomic E-state index is 0.0599. The van der Waals surface area contributed by atoms with Gasteiger partial charge in [0, 0.05) is 30.3 Å². The van der Waals surface area contributed by atoms with E-state index < -0.39 is 15.3 Å². The number of hydrogen-bond acceptors (Lipinski definition) is 6. The average molecular weight is 366 g/mol.